The second-order valence-electron chi connectivity index (χ2n) is 12.4. The van der Waals surface area contributed by atoms with E-state index in [4.69, 9.17) is 9.57 Å². The number of fused-ring (bicyclic) bond motifs is 5. The number of carbonyl (C=O) groups excluding carboxylic acids is 2. The van der Waals surface area contributed by atoms with Crippen molar-refractivity contribution in [1.29, 1.82) is 0 Å². The van der Waals surface area contributed by atoms with Gasteiger partial charge in [0.2, 0.25) is 0 Å². The Morgan fingerprint density at radius 3 is 2.15 bits per heavy atom. The van der Waals surface area contributed by atoms with Crippen molar-refractivity contribution < 1.29 is 19.2 Å². The zero-order valence-electron chi connectivity index (χ0n) is 23.4. The molecule has 2 amide bonds. The third-order valence-corrected chi connectivity index (χ3v) is 10.4. The van der Waals surface area contributed by atoms with Gasteiger partial charge in [-0.3, -0.25) is 15.5 Å². The Balaban J connectivity index is 1.10. The normalized spacial score (nSPS) is 33.5. The number of hydrogen-bond donors (Lipinski definition) is 2. The summed E-state index contributed by atoms with van der Waals surface area (Å²) in [6.45, 7) is 4.77. The fourth-order valence-corrected chi connectivity index (χ4v) is 8.25. The molecule has 7 nitrogen and oxygen atoms in total. The third-order valence-electron chi connectivity index (χ3n) is 10.4. The summed E-state index contributed by atoms with van der Waals surface area (Å²) in [6.07, 6.45) is 9.41. The summed E-state index contributed by atoms with van der Waals surface area (Å²) in [5.41, 5.74) is 4.05. The molecule has 6 atom stereocenters. The maximum absolute atomic E-state index is 12.5. The van der Waals surface area contributed by atoms with E-state index in [1.807, 2.05) is 60.7 Å². The lowest BCUT2D eigenvalue weighted by Gasteiger charge is -2.57. The Bertz CT molecular complexity index is 1310. The fourth-order valence-electron chi connectivity index (χ4n) is 8.25. The molecular formula is C33H39N3O4. The predicted octanol–water partition coefficient (Wildman–Crippen LogP) is 8.17. The summed E-state index contributed by atoms with van der Waals surface area (Å²) in [6, 6.07) is 18.7. The van der Waals surface area contributed by atoms with Crippen molar-refractivity contribution in [2.75, 3.05) is 10.6 Å². The van der Waals surface area contributed by atoms with Crippen LogP contribution < -0.4 is 10.6 Å². The lowest BCUT2D eigenvalue weighted by atomic mass is 9.48. The molecule has 0 aromatic heterocycles. The maximum Gasteiger partial charge on any atom is 0.437 e. The van der Waals surface area contributed by atoms with Crippen LogP contribution in [0.4, 0.5) is 21.0 Å². The van der Waals surface area contributed by atoms with Gasteiger partial charge in [-0.2, -0.15) is 0 Å². The first-order chi connectivity index (χ1) is 19.3. The van der Waals surface area contributed by atoms with Crippen LogP contribution in [0.1, 0.15) is 65.2 Å². The molecule has 0 spiro atoms. The summed E-state index contributed by atoms with van der Waals surface area (Å²) < 4.78 is 5.86. The summed E-state index contributed by atoms with van der Waals surface area (Å²) >= 11 is 0. The van der Waals surface area contributed by atoms with E-state index in [1.54, 1.807) is 0 Å². The van der Waals surface area contributed by atoms with Gasteiger partial charge in [0.25, 0.3) is 0 Å². The number of rotatable bonds is 4. The number of ether oxygens (including phenoxy) is 1. The molecule has 4 aliphatic carbocycles. The SMILES string of the molecule is CC12CCC(OC(=O)Nc3ccccc3)CC1=CCC1C2CCC2(C)/C(=N/OC(=O)Nc3ccccc3)CCC12. The van der Waals surface area contributed by atoms with Gasteiger partial charge < -0.3 is 4.74 Å². The van der Waals surface area contributed by atoms with Gasteiger partial charge in [-0.25, -0.2) is 9.59 Å². The van der Waals surface area contributed by atoms with E-state index in [9.17, 15) is 9.59 Å². The zero-order valence-corrected chi connectivity index (χ0v) is 23.4. The molecule has 7 heteroatoms. The highest BCUT2D eigenvalue weighted by Gasteiger charge is 2.58. The highest BCUT2D eigenvalue weighted by atomic mass is 16.7. The minimum atomic E-state index is -0.548. The van der Waals surface area contributed by atoms with E-state index in [0.29, 0.717) is 23.4 Å². The van der Waals surface area contributed by atoms with Crippen LogP contribution in [-0.4, -0.2) is 24.0 Å². The van der Waals surface area contributed by atoms with Crippen molar-refractivity contribution in [2.24, 2.45) is 33.7 Å². The van der Waals surface area contributed by atoms with Crippen LogP contribution >= 0.6 is 0 Å². The van der Waals surface area contributed by atoms with Crippen molar-refractivity contribution in [1.82, 2.24) is 0 Å². The first kappa shape index (κ1) is 26.6. The fraction of sp³-hybridized carbons (Fsp3) is 0.485. The number of benzene rings is 2. The zero-order chi connectivity index (χ0) is 27.7. The minimum absolute atomic E-state index is 0.0360. The van der Waals surface area contributed by atoms with E-state index in [-0.39, 0.29) is 23.0 Å². The van der Waals surface area contributed by atoms with Crippen LogP contribution in [0.5, 0.6) is 0 Å². The van der Waals surface area contributed by atoms with Gasteiger partial charge in [-0.15, -0.1) is 0 Å². The van der Waals surface area contributed by atoms with Gasteiger partial charge in [0.1, 0.15) is 6.10 Å². The van der Waals surface area contributed by atoms with Crippen LogP contribution in [0.3, 0.4) is 0 Å². The number of anilines is 2. The molecule has 3 saturated carbocycles. The molecule has 0 radical (unpaired) electrons. The van der Waals surface area contributed by atoms with Crippen LogP contribution in [0.15, 0.2) is 77.5 Å². The van der Waals surface area contributed by atoms with E-state index in [0.717, 1.165) is 62.8 Å². The van der Waals surface area contributed by atoms with Crippen LogP contribution in [0.2, 0.25) is 0 Å². The summed E-state index contributed by atoms with van der Waals surface area (Å²) in [4.78, 5) is 30.2. The van der Waals surface area contributed by atoms with Crippen molar-refractivity contribution >= 4 is 29.3 Å². The van der Waals surface area contributed by atoms with Crippen LogP contribution in [0, 0.1) is 28.6 Å². The lowest BCUT2D eigenvalue weighted by molar-refractivity contribution is -0.0228. The number of amides is 2. The van der Waals surface area contributed by atoms with Crippen molar-refractivity contribution in [2.45, 2.75) is 71.3 Å². The molecule has 6 unspecified atom stereocenters. The van der Waals surface area contributed by atoms with Crippen molar-refractivity contribution in [3.8, 4) is 0 Å². The molecule has 2 N–H and O–H groups in total. The topological polar surface area (TPSA) is 89.0 Å². The maximum atomic E-state index is 12.5. The first-order valence-electron chi connectivity index (χ1n) is 14.7. The summed E-state index contributed by atoms with van der Waals surface area (Å²) in [5, 5.41) is 10.0. The second kappa shape index (κ2) is 10.8. The van der Waals surface area contributed by atoms with Gasteiger partial charge in [0.15, 0.2) is 0 Å². The van der Waals surface area contributed by atoms with E-state index in [2.05, 4.69) is 35.7 Å². The van der Waals surface area contributed by atoms with E-state index >= 15 is 0 Å². The Hall–Kier alpha value is -3.61. The van der Waals surface area contributed by atoms with Gasteiger partial charge in [0.05, 0.1) is 5.71 Å². The number of nitrogens with zero attached hydrogens (tertiary/aromatic N) is 1. The van der Waals surface area contributed by atoms with E-state index < -0.39 is 6.09 Å². The molecule has 0 saturated heterocycles. The molecule has 40 heavy (non-hydrogen) atoms. The highest BCUT2D eigenvalue weighted by Crippen LogP contribution is 2.64. The molecule has 2 aromatic carbocycles. The number of oxime groups is 1. The van der Waals surface area contributed by atoms with Gasteiger partial charge in [-0.1, -0.05) is 67.1 Å². The Labute approximate surface area is 236 Å². The van der Waals surface area contributed by atoms with Crippen LogP contribution in [0.25, 0.3) is 0 Å². The number of carbonyl (C=O) groups is 2. The largest absolute Gasteiger partial charge is 0.446 e. The molecule has 2 aromatic rings. The van der Waals surface area contributed by atoms with Crippen molar-refractivity contribution in [3.05, 3.63) is 72.3 Å². The standard InChI is InChI=1S/C33H39N3O4/c1-32-19-17-25(39-30(37)34-23-9-5-3-6-10-23)21-22(32)13-14-26-27-15-16-29(33(27,2)20-18-28(26)32)36-40-31(38)35-24-11-7-4-8-12-24/h3-13,25-28H,14-21H2,1-2H3,(H,34,37)(H,35,38)/b36-29+. The number of allylic oxidation sites excluding steroid dienone is 1. The van der Waals surface area contributed by atoms with E-state index in [1.165, 1.54) is 5.57 Å². The molecule has 3 fully saturated rings. The molecular weight excluding hydrogens is 502 g/mol. The Morgan fingerprint density at radius 1 is 0.825 bits per heavy atom. The monoisotopic (exact) mass is 541 g/mol. The lowest BCUT2D eigenvalue weighted by Crippen LogP contribution is -2.50. The number of nitrogens with one attached hydrogen (secondary N) is 2. The minimum Gasteiger partial charge on any atom is -0.446 e. The second-order valence-corrected chi connectivity index (χ2v) is 12.4. The smallest absolute Gasteiger partial charge is 0.437 e. The number of hydrogen-bond acceptors (Lipinski definition) is 5. The van der Waals surface area contributed by atoms with Crippen LogP contribution in [-0.2, 0) is 9.57 Å². The third kappa shape index (κ3) is 5.02. The molecule has 210 valence electrons. The molecule has 6 rings (SSSR count). The molecule has 0 bridgehead atoms. The number of para-hydroxylation sites is 2. The Kier molecular flexibility index (Phi) is 7.15. The predicted molar refractivity (Wildman–Crippen MR) is 156 cm³/mol. The molecule has 4 aliphatic rings. The van der Waals surface area contributed by atoms with Crippen molar-refractivity contribution in [3.63, 3.8) is 0 Å². The molecule has 0 aliphatic heterocycles. The average molecular weight is 542 g/mol. The Morgan fingerprint density at radius 2 is 1.45 bits per heavy atom. The van der Waals surface area contributed by atoms with Gasteiger partial charge in [-0.05, 0) is 92.4 Å². The van der Waals surface area contributed by atoms with Gasteiger partial charge >= 0.3 is 12.2 Å². The average Bonchev–Trinajstić information content (AvgIpc) is 3.29. The summed E-state index contributed by atoms with van der Waals surface area (Å²) in [5.74, 6) is 1.74. The highest BCUT2D eigenvalue weighted by molar-refractivity contribution is 5.93. The van der Waals surface area contributed by atoms with Gasteiger partial charge in [0, 0.05) is 23.2 Å². The quantitative estimate of drug-likeness (QED) is 0.232. The first-order valence-corrected chi connectivity index (χ1v) is 14.7. The summed E-state index contributed by atoms with van der Waals surface area (Å²) in [7, 11) is 0. The molecule has 0 heterocycles.